The average molecular weight is 233 g/mol. The molecule has 1 aliphatic heterocycles. The summed E-state index contributed by atoms with van der Waals surface area (Å²) in [6.45, 7) is 4.04. The highest BCUT2D eigenvalue weighted by atomic mass is 16.5. The predicted molar refractivity (Wildman–Crippen MR) is 67.4 cm³/mol. The smallest absolute Gasteiger partial charge is 0.176 e. The Morgan fingerprint density at radius 2 is 2.35 bits per heavy atom. The molecule has 1 atom stereocenters. The summed E-state index contributed by atoms with van der Waals surface area (Å²) in [7, 11) is 1.99. The summed E-state index contributed by atoms with van der Waals surface area (Å²) >= 11 is 0. The molecule has 0 spiro atoms. The Morgan fingerprint density at radius 3 is 3.00 bits per heavy atom. The molecule has 0 amide bonds. The van der Waals surface area contributed by atoms with Crippen LogP contribution in [0.4, 0.5) is 0 Å². The molecule has 92 valence electrons. The molecule has 1 fully saturated rings. The maximum atomic E-state index is 12.1. The van der Waals surface area contributed by atoms with Gasteiger partial charge < -0.3 is 4.74 Å². The molecule has 3 heteroatoms. The van der Waals surface area contributed by atoms with Crippen molar-refractivity contribution in [1.29, 1.82) is 0 Å². The third kappa shape index (κ3) is 3.14. The van der Waals surface area contributed by atoms with Gasteiger partial charge in [0.25, 0.3) is 0 Å². The van der Waals surface area contributed by atoms with Crippen LogP contribution < -0.4 is 0 Å². The molecule has 0 aliphatic carbocycles. The van der Waals surface area contributed by atoms with E-state index >= 15 is 0 Å². The van der Waals surface area contributed by atoms with Crippen molar-refractivity contribution < 1.29 is 9.53 Å². The van der Waals surface area contributed by atoms with Crippen molar-refractivity contribution in [2.24, 2.45) is 0 Å². The Balaban J connectivity index is 1.96. The standard InChI is InChI=1S/C14H19NO2/c1-11-4-3-5-12(8-11)14(16)9-15(2)13-6-7-17-10-13/h3-5,8,13H,6-7,9-10H2,1-2H3. The monoisotopic (exact) mass is 233 g/mol. The van der Waals surface area contributed by atoms with Gasteiger partial charge in [-0.25, -0.2) is 0 Å². The topological polar surface area (TPSA) is 29.5 Å². The van der Waals surface area contributed by atoms with Crippen LogP contribution in [0.2, 0.25) is 0 Å². The lowest BCUT2D eigenvalue weighted by molar-refractivity contribution is 0.0907. The highest BCUT2D eigenvalue weighted by Gasteiger charge is 2.22. The van der Waals surface area contributed by atoms with E-state index in [2.05, 4.69) is 4.90 Å². The molecule has 1 aromatic rings. The normalized spacial score (nSPS) is 19.8. The van der Waals surface area contributed by atoms with E-state index < -0.39 is 0 Å². The second-order valence-corrected chi connectivity index (χ2v) is 4.73. The summed E-state index contributed by atoms with van der Waals surface area (Å²) < 4.78 is 5.33. The molecule has 0 aromatic heterocycles. The molecule has 1 aliphatic rings. The van der Waals surface area contributed by atoms with Crippen LogP contribution in [0, 0.1) is 6.92 Å². The van der Waals surface area contributed by atoms with Crippen LogP contribution in [0.15, 0.2) is 24.3 Å². The first-order valence-corrected chi connectivity index (χ1v) is 6.04. The SMILES string of the molecule is Cc1cccc(C(=O)CN(C)C2CCOC2)c1. The zero-order valence-corrected chi connectivity index (χ0v) is 10.5. The molecular weight excluding hydrogens is 214 g/mol. The van der Waals surface area contributed by atoms with Crippen molar-refractivity contribution in [1.82, 2.24) is 4.90 Å². The molecule has 1 unspecified atom stereocenters. The number of ether oxygens (including phenoxy) is 1. The fourth-order valence-corrected chi connectivity index (χ4v) is 2.14. The number of carbonyl (C=O) groups excluding carboxylic acids is 1. The van der Waals surface area contributed by atoms with Crippen molar-refractivity contribution in [3.05, 3.63) is 35.4 Å². The van der Waals surface area contributed by atoms with Gasteiger partial charge in [-0.05, 0) is 26.5 Å². The molecule has 1 heterocycles. The zero-order valence-electron chi connectivity index (χ0n) is 10.5. The fourth-order valence-electron chi connectivity index (χ4n) is 2.14. The van der Waals surface area contributed by atoms with E-state index in [1.165, 1.54) is 0 Å². The van der Waals surface area contributed by atoms with Gasteiger partial charge in [0.15, 0.2) is 5.78 Å². The third-order valence-electron chi connectivity index (χ3n) is 3.26. The summed E-state index contributed by atoms with van der Waals surface area (Å²) in [5.41, 5.74) is 1.93. The minimum absolute atomic E-state index is 0.183. The van der Waals surface area contributed by atoms with E-state index in [0.717, 1.165) is 30.8 Å². The van der Waals surface area contributed by atoms with E-state index in [4.69, 9.17) is 4.74 Å². The molecule has 3 nitrogen and oxygen atoms in total. The van der Waals surface area contributed by atoms with Crippen LogP contribution in [0.1, 0.15) is 22.3 Å². The summed E-state index contributed by atoms with van der Waals surface area (Å²) in [6, 6.07) is 8.16. The van der Waals surface area contributed by atoms with Gasteiger partial charge in [-0.1, -0.05) is 23.8 Å². The van der Waals surface area contributed by atoms with E-state index in [0.29, 0.717) is 12.6 Å². The fraction of sp³-hybridized carbons (Fsp3) is 0.500. The first-order valence-electron chi connectivity index (χ1n) is 6.04. The number of carbonyl (C=O) groups is 1. The van der Waals surface area contributed by atoms with Crippen LogP contribution in [0.3, 0.4) is 0 Å². The number of hydrogen-bond donors (Lipinski definition) is 0. The van der Waals surface area contributed by atoms with Crippen molar-refractivity contribution in [2.75, 3.05) is 26.8 Å². The maximum absolute atomic E-state index is 12.1. The Morgan fingerprint density at radius 1 is 1.53 bits per heavy atom. The molecule has 1 saturated heterocycles. The highest BCUT2D eigenvalue weighted by Crippen LogP contribution is 2.12. The molecule has 0 saturated carbocycles. The van der Waals surface area contributed by atoms with Gasteiger partial charge in [-0.15, -0.1) is 0 Å². The van der Waals surface area contributed by atoms with Crippen LogP contribution >= 0.6 is 0 Å². The number of benzene rings is 1. The van der Waals surface area contributed by atoms with Crippen molar-refractivity contribution in [2.45, 2.75) is 19.4 Å². The van der Waals surface area contributed by atoms with Gasteiger partial charge >= 0.3 is 0 Å². The van der Waals surface area contributed by atoms with Gasteiger partial charge in [0.2, 0.25) is 0 Å². The Kier molecular flexibility index (Phi) is 3.92. The number of nitrogens with zero attached hydrogens (tertiary/aromatic N) is 1. The predicted octanol–water partition coefficient (Wildman–Crippen LogP) is 1.90. The number of likely N-dealkylation sites (N-methyl/N-ethyl adjacent to an activating group) is 1. The lowest BCUT2D eigenvalue weighted by Crippen LogP contribution is -2.36. The average Bonchev–Trinajstić information content (AvgIpc) is 2.82. The Bertz CT molecular complexity index is 397. The molecule has 17 heavy (non-hydrogen) atoms. The minimum atomic E-state index is 0.183. The molecular formula is C14H19NO2. The second-order valence-electron chi connectivity index (χ2n) is 4.73. The van der Waals surface area contributed by atoms with Crippen LogP contribution in [0.5, 0.6) is 0 Å². The quantitative estimate of drug-likeness (QED) is 0.744. The van der Waals surface area contributed by atoms with E-state index in [1.54, 1.807) is 0 Å². The maximum Gasteiger partial charge on any atom is 0.176 e. The van der Waals surface area contributed by atoms with Crippen LogP contribution in [0.25, 0.3) is 0 Å². The molecule has 0 N–H and O–H groups in total. The summed E-state index contributed by atoms with van der Waals surface area (Å²) in [4.78, 5) is 14.2. The largest absolute Gasteiger partial charge is 0.380 e. The first-order chi connectivity index (χ1) is 8.16. The van der Waals surface area contributed by atoms with Gasteiger partial charge in [0, 0.05) is 18.2 Å². The van der Waals surface area contributed by atoms with Gasteiger partial charge in [0.05, 0.1) is 13.2 Å². The lowest BCUT2D eigenvalue weighted by atomic mass is 10.1. The highest BCUT2D eigenvalue weighted by molar-refractivity contribution is 5.97. The number of aryl methyl sites for hydroxylation is 1. The number of hydrogen-bond acceptors (Lipinski definition) is 3. The minimum Gasteiger partial charge on any atom is -0.380 e. The molecule has 0 radical (unpaired) electrons. The van der Waals surface area contributed by atoms with Gasteiger partial charge in [-0.3, -0.25) is 9.69 Å². The van der Waals surface area contributed by atoms with Crippen molar-refractivity contribution in [3.8, 4) is 0 Å². The van der Waals surface area contributed by atoms with E-state index in [9.17, 15) is 4.79 Å². The van der Waals surface area contributed by atoms with Crippen molar-refractivity contribution in [3.63, 3.8) is 0 Å². The number of rotatable bonds is 4. The summed E-state index contributed by atoms with van der Waals surface area (Å²) in [5.74, 6) is 0.183. The van der Waals surface area contributed by atoms with E-state index in [1.807, 2.05) is 38.2 Å². The van der Waals surface area contributed by atoms with Crippen LogP contribution in [-0.4, -0.2) is 43.5 Å². The Hall–Kier alpha value is -1.19. The Labute approximate surface area is 102 Å². The van der Waals surface area contributed by atoms with E-state index in [-0.39, 0.29) is 5.78 Å². The lowest BCUT2D eigenvalue weighted by Gasteiger charge is -2.21. The second kappa shape index (κ2) is 5.43. The molecule has 1 aromatic carbocycles. The number of ketones is 1. The summed E-state index contributed by atoms with van der Waals surface area (Å²) in [6.07, 6.45) is 1.03. The van der Waals surface area contributed by atoms with Gasteiger partial charge in [0.1, 0.15) is 0 Å². The first kappa shape index (κ1) is 12.3. The summed E-state index contributed by atoms with van der Waals surface area (Å²) in [5, 5.41) is 0. The third-order valence-corrected chi connectivity index (χ3v) is 3.26. The van der Waals surface area contributed by atoms with Gasteiger partial charge in [-0.2, -0.15) is 0 Å². The zero-order chi connectivity index (χ0) is 12.3. The molecule has 0 bridgehead atoms. The van der Waals surface area contributed by atoms with Crippen molar-refractivity contribution >= 4 is 5.78 Å². The number of Topliss-reactive ketones (excluding diaryl/α,β-unsaturated/α-hetero) is 1. The molecule has 2 rings (SSSR count). The van der Waals surface area contributed by atoms with Crippen LogP contribution in [-0.2, 0) is 4.74 Å².